The van der Waals surface area contributed by atoms with Crippen molar-refractivity contribution in [3.63, 3.8) is 0 Å². The van der Waals surface area contributed by atoms with E-state index in [2.05, 4.69) is 0 Å². The summed E-state index contributed by atoms with van der Waals surface area (Å²) >= 11 is 0. The van der Waals surface area contributed by atoms with Gasteiger partial charge in [0.05, 0.1) is 5.54 Å². The summed E-state index contributed by atoms with van der Waals surface area (Å²) in [5.41, 5.74) is 5.37. The molecule has 1 aliphatic rings. The topological polar surface area (TPSA) is 44.5 Å². The molecule has 0 bridgehead atoms. The van der Waals surface area contributed by atoms with Gasteiger partial charge in [0.2, 0.25) is 0 Å². The van der Waals surface area contributed by atoms with Crippen LogP contribution in [0.4, 0.5) is 0 Å². The summed E-state index contributed by atoms with van der Waals surface area (Å²) in [6.07, 6.45) is 1.56. The third kappa shape index (κ3) is 1.59. The highest BCUT2D eigenvalue weighted by molar-refractivity contribution is 5.43. The van der Waals surface area contributed by atoms with Gasteiger partial charge in [0.25, 0.3) is 0 Å². The molecule has 2 N–H and O–H groups in total. The molecule has 1 aromatic carbocycles. The van der Waals surface area contributed by atoms with Crippen molar-refractivity contribution in [3.05, 3.63) is 36.3 Å². The van der Waals surface area contributed by atoms with Crippen LogP contribution in [-0.4, -0.2) is 5.54 Å². The standard InChI is InChI=1S/C11H13NO2/c1-11(2,12)10-7-13-8-5-3-4-6-9(8)14-10/h3-7H,12H2,1-2H3. The first-order chi connectivity index (χ1) is 6.57. The number of nitrogens with two attached hydrogens (primary N) is 1. The van der Waals surface area contributed by atoms with E-state index in [-0.39, 0.29) is 0 Å². The van der Waals surface area contributed by atoms with Crippen LogP contribution < -0.4 is 15.2 Å². The highest BCUT2D eigenvalue weighted by Gasteiger charge is 2.24. The summed E-state index contributed by atoms with van der Waals surface area (Å²) in [4.78, 5) is 0. The fraction of sp³-hybridized carbons (Fsp3) is 0.273. The Balaban J connectivity index is 2.30. The van der Waals surface area contributed by atoms with Gasteiger partial charge in [-0.1, -0.05) is 12.1 Å². The third-order valence-electron chi connectivity index (χ3n) is 2.00. The maximum Gasteiger partial charge on any atom is 0.169 e. The molecule has 3 nitrogen and oxygen atoms in total. The molecule has 0 saturated heterocycles. The second-order valence-corrected chi connectivity index (χ2v) is 3.87. The average Bonchev–Trinajstić information content (AvgIpc) is 2.16. The maximum absolute atomic E-state index is 5.89. The molecule has 14 heavy (non-hydrogen) atoms. The number of hydrogen-bond donors (Lipinski definition) is 1. The zero-order valence-corrected chi connectivity index (χ0v) is 8.28. The average molecular weight is 191 g/mol. The van der Waals surface area contributed by atoms with Gasteiger partial charge in [0, 0.05) is 0 Å². The summed E-state index contributed by atoms with van der Waals surface area (Å²) in [5.74, 6) is 2.07. The molecular formula is C11H13NO2. The minimum Gasteiger partial charge on any atom is -0.457 e. The quantitative estimate of drug-likeness (QED) is 0.738. The maximum atomic E-state index is 5.89. The van der Waals surface area contributed by atoms with Crippen LogP contribution in [0.1, 0.15) is 13.8 Å². The number of rotatable bonds is 1. The second-order valence-electron chi connectivity index (χ2n) is 3.87. The van der Waals surface area contributed by atoms with Gasteiger partial charge in [-0.25, -0.2) is 0 Å². The van der Waals surface area contributed by atoms with Crippen LogP contribution in [0.25, 0.3) is 0 Å². The van der Waals surface area contributed by atoms with Gasteiger partial charge in [0.1, 0.15) is 6.26 Å². The highest BCUT2D eigenvalue weighted by atomic mass is 16.6. The Labute approximate surface area is 83.1 Å². The zero-order chi connectivity index (χ0) is 10.2. The molecule has 74 valence electrons. The Morgan fingerprint density at radius 1 is 1.14 bits per heavy atom. The van der Waals surface area contributed by atoms with Crippen molar-refractivity contribution in [1.82, 2.24) is 0 Å². The van der Waals surface area contributed by atoms with E-state index in [1.165, 1.54) is 0 Å². The molecule has 1 heterocycles. The van der Waals surface area contributed by atoms with Crippen LogP contribution in [0, 0.1) is 0 Å². The predicted molar refractivity (Wildman–Crippen MR) is 54.0 cm³/mol. The van der Waals surface area contributed by atoms with Crippen LogP contribution in [0.5, 0.6) is 11.5 Å². The molecule has 0 aliphatic carbocycles. The monoisotopic (exact) mass is 191 g/mol. The molecule has 0 fully saturated rings. The molecule has 3 heteroatoms. The van der Waals surface area contributed by atoms with Crippen molar-refractivity contribution in [3.8, 4) is 11.5 Å². The van der Waals surface area contributed by atoms with Crippen LogP contribution in [-0.2, 0) is 0 Å². The number of para-hydroxylation sites is 2. The van der Waals surface area contributed by atoms with E-state index in [9.17, 15) is 0 Å². The largest absolute Gasteiger partial charge is 0.457 e. The summed E-state index contributed by atoms with van der Waals surface area (Å²) in [7, 11) is 0. The molecular weight excluding hydrogens is 178 g/mol. The normalized spacial score (nSPS) is 14.9. The van der Waals surface area contributed by atoms with Crippen molar-refractivity contribution in [1.29, 1.82) is 0 Å². The van der Waals surface area contributed by atoms with Gasteiger partial charge < -0.3 is 15.2 Å². The van der Waals surface area contributed by atoms with Crippen molar-refractivity contribution in [2.45, 2.75) is 19.4 Å². The first kappa shape index (κ1) is 9.09. The highest BCUT2D eigenvalue weighted by Crippen LogP contribution is 2.33. The number of fused-ring (bicyclic) bond motifs is 1. The van der Waals surface area contributed by atoms with Gasteiger partial charge in [-0.05, 0) is 26.0 Å². The lowest BCUT2D eigenvalue weighted by Gasteiger charge is -2.26. The van der Waals surface area contributed by atoms with Gasteiger partial charge in [0.15, 0.2) is 17.3 Å². The molecule has 0 amide bonds. The van der Waals surface area contributed by atoms with Crippen LogP contribution in [0.3, 0.4) is 0 Å². The molecule has 0 spiro atoms. The van der Waals surface area contributed by atoms with E-state index >= 15 is 0 Å². The number of hydrogen-bond acceptors (Lipinski definition) is 3. The van der Waals surface area contributed by atoms with Crippen molar-refractivity contribution in [2.24, 2.45) is 5.73 Å². The fourth-order valence-electron chi connectivity index (χ4n) is 1.17. The molecule has 0 atom stereocenters. The molecule has 0 aromatic heterocycles. The van der Waals surface area contributed by atoms with Gasteiger partial charge in [-0.2, -0.15) is 0 Å². The minimum absolute atomic E-state index is 0.520. The summed E-state index contributed by atoms with van der Waals surface area (Å²) < 4.78 is 11.0. The SMILES string of the molecule is CC(C)(N)C1=COc2ccccc2O1. The minimum atomic E-state index is -0.520. The molecule has 1 aliphatic heterocycles. The molecule has 1 aromatic rings. The Morgan fingerprint density at radius 3 is 2.43 bits per heavy atom. The van der Waals surface area contributed by atoms with Gasteiger partial charge in [-0.15, -0.1) is 0 Å². The van der Waals surface area contributed by atoms with Crippen LogP contribution >= 0.6 is 0 Å². The Kier molecular flexibility index (Phi) is 1.97. The molecule has 2 rings (SSSR count). The zero-order valence-electron chi connectivity index (χ0n) is 8.28. The second kappa shape index (κ2) is 3.03. The lowest BCUT2D eigenvalue weighted by atomic mass is 10.1. The first-order valence-electron chi connectivity index (χ1n) is 4.50. The van der Waals surface area contributed by atoms with Gasteiger partial charge >= 0.3 is 0 Å². The van der Waals surface area contributed by atoms with Crippen molar-refractivity contribution in [2.75, 3.05) is 0 Å². The smallest absolute Gasteiger partial charge is 0.169 e. The van der Waals surface area contributed by atoms with Crippen LogP contribution in [0.15, 0.2) is 36.3 Å². The van der Waals surface area contributed by atoms with E-state index in [1.807, 2.05) is 38.1 Å². The lowest BCUT2D eigenvalue weighted by Crippen LogP contribution is -2.37. The van der Waals surface area contributed by atoms with Crippen LogP contribution in [0.2, 0.25) is 0 Å². The Bertz CT molecular complexity index is 377. The molecule has 0 radical (unpaired) electrons. The first-order valence-corrected chi connectivity index (χ1v) is 4.50. The van der Waals surface area contributed by atoms with E-state index in [1.54, 1.807) is 6.26 Å². The number of ether oxygens (including phenoxy) is 2. The summed E-state index contributed by atoms with van der Waals surface area (Å²) in [6, 6.07) is 7.50. The van der Waals surface area contributed by atoms with Crippen molar-refractivity contribution >= 4 is 0 Å². The molecule has 0 saturated carbocycles. The fourth-order valence-corrected chi connectivity index (χ4v) is 1.17. The van der Waals surface area contributed by atoms with E-state index in [4.69, 9.17) is 15.2 Å². The predicted octanol–water partition coefficient (Wildman–Crippen LogP) is 2.04. The summed E-state index contributed by atoms with van der Waals surface area (Å²) in [6.45, 7) is 3.74. The molecule has 0 unspecified atom stereocenters. The third-order valence-corrected chi connectivity index (χ3v) is 2.00. The Morgan fingerprint density at radius 2 is 1.79 bits per heavy atom. The van der Waals surface area contributed by atoms with E-state index in [0.717, 1.165) is 5.75 Å². The van der Waals surface area contributed by atoms with E-state index < -0.39 is 5.54 Å². The van der Waals surface area contributed by atoms with Gasteiger partial charge in [-0.3, -0.25) is 0 Å². The van der Waals surface area contributed by atoms with Crippen molar-refractivity contribution < 1.29 is 9.47 Å². The summed E-state index contributed by atoms with van der Waals surface area (Å²) in [5, 5.41) is 0. The lowest BCUT2D eigenvalue weighted by molar-refractivity contribution is 0.273. The number of benzene rings is 1. The van der Waals surface area contributed by atoms with E-state index in [0.29, 0.717) is 11.5 Å². The Hall–Kier alpha value is -1.48.